The maximum atomic E-state index is 13.4. The molecule has 3 unspecified atom stereocenters. The Balaban J connectivity index is 1.73. The monoisotopic (exact) mass is 449 g/mol. The highest BCUT2D eigenvalue weighted by molar-refractivity contribution is 7.92. The largest absolute Gasteiger partial charge is 0.279 e. The minimum absolute atomic E-state index is 0.000280. The molecule has 10 nitrogen and oxygen atoms in total. The highest BCUT2D eigenvalue weighted by atomic mass is 32.2. The van der Waals surface area contributed by atoms with Gasteiger partial charge < -0.3 is 0 Å². The zero-order chi connectivity index (χ0) is 19.2. The third-order valence-corrected chi connectivity index (χ3v) is 12.3. The van der Waals surface area contributed by atoms with Crippen LogP contribution >= 0.6 is 7.59 Å². The molecule has 0 amide bonds. The summed E-state index contributed by atoms with van der Waals surface area (Å²) in [6, 6.07) is -1.58. The molecule has 0 aromatic heterocycles. The highest BCUT2D eigenvalue weighted by Crippen LogP contribution is 2.37. The van der Waals surface area contributed by atoms with Crippen LogP contribution in [0.1, 0.15) is 19.3 Å². The minimum atomic E-state index is -3.58. The van der Waals surface area contributed by atoms with E-state index in [-0.39, 0.29) is 34.5 Å². The lowest BCUT2D eigenvalue weighted by atomic mass is 10.3. The molecule has 0 spiro atoms. The number of hydrogen-bond donors (Lipinski definition) is 3. The summed E-state index contributed by atoms with van der Waals surface area (Å²) >= 11 is 0. The fourth-order valence-corrected chi connectivity index (χ4v) is 11.4. The number of nitrogens with one attached hydrogen (secondary N) is 3. The van der Waals surface area contributed by atoms with Crippen molar-refractivity contribution in [1.82, 2.24) is 15.3 Å². The van der Waals surface area contributed by atoms with E-state index in [1.54, 1.807) is 0 Å². The summed E-state index contributed by atoms with van der Waals surface area (Å²) < 4.78 is 83.3. The van der Waals surface area contributed by atoms with Crippen LogP contribution in [0.3, 0.4) is 0 Å². The van der Waals surface area contributed by atoms with Gasteiger partial charge in [-0.15, -0.1) is 0 Å². The van der Waals surface area contributed by atoms with Crippen LogP contribution in [-0.2, 0) is 34.1 Å². The summed E-state index contributed by atoms with van der Waals surface area (Å²) in [5.74, 6) is -0.439. The van der Waals surface area contributed by atoms with Gasteiger partial charge in [0.15, 0.2) is 29.5 Å². The fourth-order valence-electron chi connectivity index (χ4n) is 3.57. The second-order valence-corrected chi connectivity index (χ2v) is 16.0. The van der Waals surface area contributed by atoms with E-state index >= 15 is 0 Å². The van der Waals surface area contributed by atoms with Crippen molar-refractivity contribution in [3.05, 3.63) is 0 Å². The van der Waals surface area contributed by atoms with Gasteiger partial charge in [-0.2, -0.15) is 0 Å². The molecule has 3 rings (SSSR count). The maximum absolute atomic E-state index is 13.4. The molecule has 0 bridgehead atoms. The van der Waals surface area contributed by atoms with E-state index in [2.05, 4.69) is 15.3 Å². The molecule has 14 heteroatoms. The van der Waals surface area contributed by atoms with Crippen molar-refractivity contribution in [1.29, 1.82) is 0 Å². The van der Waals surface area contributed by atoms with Crippen LogP contribution in [0.5, 0.6) is 0 Å². The first kappa shape index (κ1) is 20.7. The van der Waals surface area contributed by atoms with Crippen LogP contribution < -0.4 is 15.3 Å². The van der Waals surface area contributed by atoms with Crippen molar-refractivity contribution in [2.75, 3.05) is 34.5 Å². The number of rotatable bonds is 6. The van der Waals surface area contributed by atoms with E-state index in [4.69, 9.17) is 0 Å². The molecule has 0 radical (unpaired) electrons. The Morgan fingerprint density at radius 1 is 0.577 bits per heavy atom. The van der Waals surface area contributed by atoms with E-state index in [0.717, 1.165) is 0 Å². The van der Waals surface area contributed by atoms with Gasteiger partial charge in [0, 0.05) is 18.1 Å². The molecule has 3 atom stereocenters. The predicted octanol–water partition coefficient (Wildman–Crippen LogP) is -1.58. The summed E-state index contributed by atoms with van der Waals surface area (Å²) in [5.41, 5.74) is 0. The molecular weight excluding hydrogens is 425 g/mol. The van der Waals surface area contributed by atoms with Gasteiger partial charge in [-0.3, -0.25) is 4.57 Å². The molecule has 3 saturated heterocycles. The number of sulfone groups is 3. The van der Waals surface area contributed by atoms with Gasteiger partial charge in [-0.1, -0.05) is 0 Å². The first-order valence-corrected chi connectivity index (χ1v) is 15.6. The minimum Gasteiger partial charge on any atom is -0.271 e. The van der Waals surface area contributed by atoms with Gasteiger partial charge >= 0.3 is 0 Å². The lowest BCUT2D eigenvalue weighted by Gasteiger charge is -2.29. The quantitative estimate of drug-likeness (QED) is 0.405. The Morgan fingerprint density at radius 3 is 1.04 bits per heavy atom. The Morgan fingerprint density at radius 2 is 0.846 bits per heavy atom. The summed E-state index contributed by atoms with van der Waals surface area (Å²) in [6.07, 6.45) is 0.921. The summed E-state index contributed by atoms with van der Waals surface area (Å²) in [6.45, 7) is 0. The maximum Gasteiger partial charge on any atom is 0.279 e. The van der Waals surface area contributed by atoms with Crippen molar-refractivity contribution in [3.8, 4) is 0 Å². The van der Waals surface area contributed by atoms with Crippen LogP contribution in [0.15, 0.2) is 0 Å². The fraction of sp³-hybridized carbons (Fsp3) is 1.00. The van der Waals surface area contributed by atoms with Gasteiger partial charge in [-0.25, -0.2) is 40.5 Å². The van der Waals surface area contributed by atoms with Gasteiger partial charge in [-0.05, 0) is 19.3 Å². The van der Waals surface area contributed by atoms with E-state index in [9.17, 15) is 29.8 Å². The zero-order valence-electron chi connectivity index (χ0n) is 14.1. The van der Waals surface area contributed by atoms with Crippen molar-refractivity contribution >= 4 is 37.1 Å². The lowest BCUT2D eigenvalue weighted by Crippen LogP contribution is -2.45. The van der Waals surface area contributed by atoms with Crippen molar-refractivity contribution in [2.45, 2.75) is 37.4 Å². The smallest absolute Gasteiger partial charge is 0.271 e. The van der Waals surface area contributed by atoms with Crippen molar-refractivity contribution < 1.29 is 29.8 Å². The summed E-state index contributed by atoms with van der Waals surface area (Å²) in [7, 11) is -13.2. The van der Waals surface area contributed by atoms with Crippen molar-refractivity contribution in [2.24, 2.45) is 0 Å². The van der Waals surface area contributed by atoms with Gasteiger partial charge in [0.2, 0.25) is 0 Å². The molecule has 3 fully saturated rings. The van der Waals surface area contributed by atoms with Crippen LogP contribution in [0.4, 0.5) is 0 Å². The van der Waals surface area contributed by atoms with E-state index in [1.807, 2.05) is 0 Å². The standard InChI is InChI=1S/C12H24N3O7PS3/c16-23(13-10-1-4-24(17,18)7-10,14-11-2-5-25(19,20)8-11)15-12-3-6-26(21,22)9-12/h10-12H,1-9H2,(H3,13,14,15,16). The first-order valence-electron chi connectivity index (χ1n) is 8.40. The van der Waals surface area contributed by atoms with Crippen LogP contribution in [0.25, 0.3) is 0 Å². The second-order valence-electron chi connectivity index (χ2n) is 7.30. The highest BCUT2D eigenvalue weighted by Gasteiger charge is 2.40. The molecule has 0 saturated carbocycles. The summed E-state index contributed by atoms with van der Waals surface area (Å²) in [4.78, 5) is 0. The van der Waals surface area contributed by atoms with Gasteiger partial charge in [0.25, 0.3) is 7.59 Å². The third kappa shape index (κ3) is 5.49. The normalized spacial score (nSPS) is 37.5. The lowest BCUT2D eigenvalue weighted by molar-refractivity contribution is 0.500. The SMILES string of the molecule is O=P(NC1CCS(=O)(=O)C1)(NC1CCS(=O)(=O)C1)NC1CCS(=O)(=O)C1. The van der Waals surface area contributed by atoms with E-state index < -0.39 is 55.2 Å². The molecule has 3 heterocycles. The topological polar surface area (TPSA) is 156 Å². The second kappa shape index (κ2) is 7.09. The van der Waals surface area contributed by atoms with Crippen LogP contribution in [0, 0.1) is 0 Å². The molecule has 0 aliphatic carbocycles. The van der Waals surface area contributed by atoms with E-state index in [0.29, 0.717) is 19.3 Å². The molecule has 3 aliphatic rings. The van der Waals surface area contributed by atoms with Crippen LogP contribution in [0.2, 0.25) is 0 Å². The summed E-state index contributed by atoms with van der Waals surface area (Å²) in [5, 5.41) is 8.46. The van der Waals surface area contributed by atoms with E-state index in [1.165, 1.54) is 0 Å². The van der Waals surface area contributed by atoms with Crippen LogP contribution in [-0.4, -0.2) is 77.9 Å². The first-order chi connectivity index (χ1) is 11.9. The molecule has 0 aromatic rings. The van der Waals surface area contributed by atoms with Crippen molar-refractivity contribution in [3.63, 3.8) is 0 Å². The molecular formula is C12H24N3O7PS3. The Labute approximate surface area is 154 Å². The third-order valence-electron chi connectivity index (χ3n) is 4.79. The number of hydrogen-bond acceptors (Lipinski definition) is 7. The van der Waals surface area contributed by atoms with Gasteiger partial charge in [0.05, 0.1) is 34.5 Å². The average molecular weight is 450 g/mol. The molecule has 152 valence electrons. The zero-order valence-corrected chi connectivity index (χ0v) is 17.5. The molecule has 3 N–H and O–H groups in total. The average Bonchev–Trinajstić information content (AvgIpc) is 3.07. The molecule has 26 heavy (non-hydrogen) atoms. The predicted molar refractivity (Wildman–Crippen MR) is 98.2 cm³/mol. The Hall–Kier alpha value is -0.0400. The molecule has 3 aliphatic heterocycles. The Bertz CT molecular complexity index is 797. The Kier molecular flexibility index (Phi) is 5.64. The molecule has 0 aromatic carbocycles. The van der Waals surface area contributed by atoms with Gasteiger partial charge in [0.1, 0.15) is 0 Å².